The van der Waals surface area contributed by atoms with Crippen LogP contribution in [0.5, 0.6) is 0 Å². The first-order valence-corrected chi connectivity index (χ1v) is 13.3. The molecule has 3 aromatic carbocycles. The fourth-order valence-corrected chi connectivity index (χ4v) is 6.89. The van der Waals surface area contributed by atoms with Crippen molar-refractivity contribution >= 4 is 46.0 Å². The second kappa shape index (κ2) is 8.40. The van der Waals surface area contributed by atoms with E-state index in [9.17, 15) is 14.4 Å². The summed E-state index contributed by atoms with van der Waals surface area (Å²) in [5.74, 6) is -1.67. The molecular formula is C32H29ClN2O3. The highest BCUT2D eigenvalue weighted by Gasteiger charge is 2.71. The monoisotopic (exact) mass is 524 g/mol. The van der Waals surface area contributed by atoms with Gasteiger partial charge in [-0.3, -0.25) is 14.4 Å². The van der Waals surface area contributed by atoms with Crippen LogP contribution in [0.4, 0.5) is 11.4 Å². The van der Waals surface area contributed by atoms with Crippen LogP contribution in [0.25, 0.3) is 5.57 Å². The molecule has 0 bridgehead atoms. The number of allylic oxidation sites excluding steroid dienone is 1. The molecule has 3 heterocycles. The third-order valence-corrected chi connectivity index (χ3v) is 8.64. The van der Waals surface area contributed by atoms with Crippen molar-refractivity contribution in [2.45, 2.75) is 45.2 Å². The number of hydrogen-bond acceptors (Lipinski definition) is 4. The number of benzene rings is 3. The van der Waals surface area contributed by atoms with Gasteiger partial charge in [-0.15, -0.1) is 0 Å². The van der Waals surface area contributed by atoms with E-state index in [2.05, 4.69) is 11.4 Å². The van der Waals surface area contributed by atoms with Crippen LogP contribution in [0.2, 0.25) is 5.02 Å². The molecule has 3 aromatic rings. The predicted octanol–water partition coefficient (Wildman–Crippen LogP) is 6.32. The third-order valence-electron chi connectivity index (χ3n) is 8.31. The minimum Gasteiger partial charge on any atom is -0.352 e. The molecule has 1 saturated heterocycles. The first-order chi connectivity index (χ1) is 18.1. The molecule has 0 saturated carbocycles. The van der Waals surface area contributed by atoms with E-state index in [1.54, 1.807) is 24.3 Å². The van der Waals surface area contributed by atoms with E-state index in [0.29, 0.717) is 16.3 Å². The van der Waals surface area contributed by atoms with Crippen molar-refractivity contribution in [3.63, 3.8) is 0 Å². The molecule has 6 rings (SSSR count). The summed E-state index contributed by atoms with van der Waals surface area (Å²) in [6.45, 7) is 7.62. The molecular weight excluding hydrogens is 496 g/mol. The first-order valence-electron chi connectivity index (χ1n) is 12.9. The van der Waals surface area contributed by atoms with Gasteiger partial charge in [0.05, 0.1) is 17.0 Å². The number of carbonyl (C=O) groups excluding carboxylic acids is 3. The number of hydrogen-bond donors (Lipinski definition) is 1. The molecule has 3 aliphatic heterocycles. The second-order valence-electron chi connectivity index (χ2n) is 11.5. The molecule has 0 aliphatic carbocycles. The van der Waals surface area contributed by atoms with Crippen LogP contribution in [-0.4, -0.2) is 29.6 Å². The molecule has 1 N–H and O–H groups in total. The van der Waals surface area contributed by atoms with Crippen LogP contribution in [0.3, 0.4) is 0 Å². The number of Topliss-reactive ketones (excluding diaryl/α,β-unsaturated/α-hetero) is 2. The quantitative estimate of drug-likeness (QED) is 0.407. The molecule has 1 spiro atoms. The Bertz CT molecular complexity index is 1550. The maximum Gasteiger partial charge on any atom is 0.238 e. The number of nitrogens with one attached hydrogen (secondary N) is 1. The van der Waals surface area contributed by atoms with Crippen LogP contribution in [0, 0.1) is 11.3 Å². The van der Waals surface area contributed by atoms with Crippen LogP contribution in [0.1, 0.15) is 49.2 Å². The average Bonchev–Trinajstić information content (AvgIpc) is 3.36. The van der Waals surface area contributed by atoms with Gasteiger partial charge in [-0.05, 0) is 42.3 Å². The number of amides is 1. The molecule has 1 amide bonds. The second-order valence-corrected chi connectivity index (χ2v) is 11.9. The maximum atomic E-state index is 14.7. The Balaban J connectivity index is 1.72. The number of nitrogens with zero attached hydrogens (tertiary/aromatic N) is 1. The van der Waals surface area contributed by atoms with Crippen molar-refractivity contribution in [2.24, 2.45) is 11.3 Å². The minimum atomic E-state index is -1.33. The van der Waals surface area contributed by atoms with Gasteiger partial charge in [-0.2, -0.15) is 0 Å². The standard InChI is InChI=1S/C32H29ClN2O3/c1-18-17-25-32(21-13-7-9-15-23(21)34-30(32)38)26(28(36)20-12-5-8-14-22(20)33)27(29(37)31(2,3)4)35(25)24-16-10-6-11-19(18)24/h5-17,25-27H,1-4H3,(H,34,38)/t25-,26-,27-,32-/m0/s1. The van der Waals surface area contributed by atoms with Crippen molar-refractivity contribution in [3.8, 4) is 0 Å². The van der Waals surface area contributed by atoms with Crippen molar-refractivity contribution in [1.82, 2.24) is 0 Å². The molecule has 4 atom stereocenters. The SMILES string of the molecule is CC1=C[C@@H]2N(c3ccccc31)[C@H](C(=O)C(C)(C)C)[C@@H](C(=O)c1ccccc1Cl)[C@@]21C(=O)Nc2ccccc21. The highest BCUT2D eigenvalue weighted by molar-refractivity contribution is 6.34. The van der Waals surface area contributed by atoms with Gasteiger partial charge in [0.2, 0.25) is 5.91 Å². The number of fused-ring (bicyclic) bond motifs is 6. The Kier molecular flexibility index (Phi) is 5.45. The number of para-hydroxylation sites is 2. The first kappa shape index (κ1) is 24.6. The van der Waals surface area contributed by atoms with Crippen molar-refractivity contribution in [3.05, 3.63) is 101 Å². The molecule has 0 aromatic heterocycles. The van der Waals surface area contributed by atoms with Crippen molar-refractivity contribution < 1.29 is 14.4 Å². The van der Waals surface area contributed by atoms with Gasteiger partial charge in [-0.1, -0.05) is 87.0 Å². The number of ketones is 2. The van der Waals surface area contributed by atoms with Gasteiger partial charge >= 0.3 is 0 Å². The Morgan fingerprint density at radius 1 is 0.947 bits per heavy atom. The lowest BCUT2D eigenvalue weighted by atomic mass is 9.63. The number of rotatable bonds is 3. The summed E-state index contributed by atoms with van der Waals surface area (Å²) in [4.78, 5) is 45.5. The number of halogens is 1. The lowest BCUT2D eigenvalue weighted by molar-refractivity contribution is -0.128. The van der Waals surface area contributed by atoms with Crippen molar-refractivity contribution in [1.29, 1.82) is 0 Å². The molecule has 38 heavy (non-hydrogen) atoms. The normalized spacial score (nSPS) is 25.4. The van der Waals surface area contributed by atoms with Crippen LogP contribution < -0.4 is 10.2 Å². The van der Waals surface area contributed by atoms with Gasteiger partial charge in [-0.25, -0.2) is 0 Å². The highest BCUT2D eigenvalue weighted by Crippen LogP contribution is 2.59. The summed E-state index contributed by atoms with van der Waals surface area (Å²) in [5.41, 5.74) is 2.48. The summed E-state index contributed by atoms with van der Waals surface area (Å²) in [6, 6.07) is 20.9. The summed E-state index contributed by atoms with van der Waals surface area (Å²) >= 11 is 6.57. The van der Waals surface area contributed by atoms with Crippen LogP contribution >= 0.6 is 11.6 Å². The lowest BCUT2D eigenvalue weighted by Gasteiger charge is -2.39. The minimum absolute atomic E-state index is 0.0929. The van der Waals surface area contributed by atoms with Crippen molar-refractivity contribution in [2.75, 3.05) is 10.2 Å². The Hall–Kier alpha value is -3.70. The zero-order valence-electron chi connectivity index (χ0n) is 21.8. The van der Waals surface area contributed by atoms with Gasteiger partial charge in [0.15, 0.2) is 11.6 Å². The van der Waals surface area contributed by atoms with E-state index in [-0.39, 0.29) is 17.5 Å². The fourth-order valence-electron chi connectivity index (χ4n) is 6.66. The van der Waals surface area contributed by atoms with E-state index >= 15 is 0 Å². The summed E-state index contributed by atoms with van der Waals surface area (Å²) in [6.07, 6.45) is 2.06. The van der Waals surface area contributed by atoms with Gasteiger partial charge in [0.25, 0.3) is 0 Å². The zero-order chi connectivity index (χ0) is 27.0. The number of carbonyl (C=O) groups is 3. The summed E-state index contributed by atoms with van der Waals surface area (Å²) < 4.78 is 0. The fraction of sp³-hybridized carbons (Fsp3) is 0.281. The summed E-state index contributed by atoms with van der Waals surface area (Å²) in [7, 11) is 0. The molecule has 1 fully saturated rings. The molecule has 192 valence electrons. The number of anilines is 2. The molecule has 6 heteroatoms. The lowest BCUT2D eigenvalue weighted by Crippen LogP contribution is -2.51. The van der Waals surface area contributed by atoms with Gasteiger partial charge in [0.1, 0.15) is 11.5 Å². The largest absolute Gasteiger partial charge is 0.352 e. The topological polar surface area (TPSA) is 66.5 Å². The van der Waals surface area contributed by atoms with E-state index < -0.39 is 28.8 Å². The maximum absolute atomic E-state index is 14.7. The van der Waals surface area contributed by atoms with E-state index in [0.717, 1.165) is 22.4 Å². The smallest absolute Gasteiger partial charge is 0.238 e. The Morgan fingerprint density at radius 2 is 1.61 bits per heavy atom. The zero-order valence-corrected chi connectivity index (χ0v) is 22.5. The van der Waals surface area contributed by atoms with Gasteiger partial charge in [0, 0.05) is 27.9 Å². The molecule has 0 unspecified atom stereocenters. The highest BCUT2D eigenvalue weighted by atomic mass is 35.5. The molecule has 5 nitrogen and oxygen atoms in total. The van der Waals surface area contributed by atoms with E-state index in [4.69, 9.17) is 11.6 Å². The molecule has 0 radical (unpaired) electrons. The van der Waals surface area contributed by atoms with E-state index in [1.165, 1.54) is 0 Å². The predicted molar refractivity (Wildman–Crippen MR) is 151 cm³/mol. The van der Waals surface area contributed by atoms with E-state index in [1.807, 2.05) is 81.1 Å². The Labute approximate surface area is 227 Å². The van der Waals surface area contributed by atoms with Crippen LogP contribution in [-0.2, 0) is 15.0 Å². The Morgan fingerprint density at radius 3 is 2.34 bits per heavy atom. The average molecular weight is 525 g/mol. The molecule has 3 aliphatic rings. The third kappa shape index (κ3) is 3.21. The summed E-state index contributed by atoms with van der Waals surface area (Å²) in [5, 5.41) is 3.36. The van der Waals surface area contributed by atoms with Crippen LogP contribution in [0.15, 0.2) is 78.9 Å². The van der Waals surface area contributed by atoms with Gasteiger partial charge < -0.3 is 10.2 Å².